The van der Waals surface area contributed by atoms with Crippen LogP contribution >= 0.6 is 11.6 Å². The average Bonchev–Trinajstić information content (AvgIpc) is 2.81. The van der Waals surface area contributed by atoms with Gasteiger partial charge in [-0.05, 0) is 30.4 Å². The fraction of sp³-hybridized carbons (Fsp3) is 0.500. The lowest BCUT2D eigenvalue weighted by Crippen LogP contribution is -2.03. The Labute approximate surface area is 98.5 Å². The van der Waals surface area contributed by atoms with Gasteiger partial charge in [-0.1, -0.05) is 29.6 Å². The molecule has 1 saturated carbocycles. The molecular weight excluding hydrogens is 228 g/mol. The standard InChI is InChI=1S/C10H13ClN4O/c11-10-8(7-3-1-2-4-7)5-9(14-15-10)12-6-13-16/h5-7,16H,1-4H2,(H,12,13,14). The fourth-order valence-corrected chi connectivity index (χ4v) is 2.33. The van der Waals surface area contributed by atoms with Crippen molar-refractivity contribution in [2.24, 2.45) is 5.16 Å². The van der Waals surface area contributed by atoms with Gasteiger partial charge in [0, 0.05) is 0 Å². The van der Waals surface area contributed by atoms with E-state index in [4.69, 9.17) is 16.8 Å². The summed E-state index contributed by atoms with van der Waals surface area (Å²) in [6, 6.07) is 1.87. The van der Waals surface area contributed by atoms with E-state index in [2.05, 4.69) is 20.7 Å². The van der Waals surface area contributed by atoms with Crippen LogP contribution < -0.4 is 5.32 Å². The number of oxime groups is 1. The van der Waals surface area contributed by atoms with Crippen LogP contribution in [0.1, 0.15) is 37.2 Å². The molecule has 2 N–H and O–H groups in total. The molecule has 0 amide bonds. The summed E-state index contributed by atoms with van der Waals surface area (Å²) < 4.78 is 0. The predicted molar refractivity (Wildman–Crippen MR) is 62.2 cm³/mol. The summed E-state index contributed by atoms with van der Waals surface area (Å²) in [5.74, 6) is 1.03. The maximum absolute atomic E-state index is 8.30. The number of hydrogen-bond acceptors (Lipinski definition) is 4. The predicted octanol–water partition coefficient (Wildman–Crippen LogP) is 2.62. The second-order valence-electron chi connectivity index (χ2n) is 3.85. The van der Waals surface area contributed by atoms with E-state index in [0.29, 0.717) is 16.9 Å². The highest BCUT2D eigenvalue weighted by Gasteiger charge is 2.20. The van der Waals surface area contributed by atoms with E-state index in [1.807, 2.05) is 6.07 Å². The van der Waals surface area contributed by atoms with Gasteiger partial charge < -0.3 is 10.5 Å². The topological polar surface area (TPSA) is 70.4 Å². The van der Waals surface area contributed by atoms with Gasteiger partial charge in [0.1, 0.15) is 6.34 Å². The monoisotopic (exact) mass is 240 g/mol. The summed E-state index contributed by atoms with van der Waals surface area (Å²) in [6.45, 7) is 0. The summed E-state index contributed by atoms with van der Waals surface area (Å²) >= 11 is 6.03. The molecule has 1 aromatic heterocycles. The molecule has 0 aromatic carbocycles. The van der Waals surface area contributed by atoms with E-state index < -0.39 is 0 Å². The molecule has 1 fully saturated rings. The molecule has 0 unspecified atom stereocenters. The zero-order valence-electron chi connectivity index (χ0n) is 8.73. The molecular formula is C10H13ClN4O. The molecule has 1 aliphatic rings. The van der Waals surface area contributed by atoms with E-state index in [9.17, 15) is 0 Å². The third-order valence-corrected chi connectivity index (χ3v) is 3.13. The highest BCUT2D eigenvalue weighted by Crippen LogP contribution is 2.37. The molecule has 86 valence electrons. The highest BCUT2D eigenvalue weighted by molar-refractivity contribution is 6.30. The number of nitrogens with one attached hydrogen (secondary N) is 1. The van der Waals surface area contributed by atoms with Gasteiger partial charge in [0.15, 0.2) is 11.0 Å². The summed E-state index contributed by atoms with van der Waals surface area (Å²) in [4.78, 5) is 0. The first kappa shape index (κ1) is 11.1. The van der Waals surface area contributed by atoms with Gasteiger partial charge in [-0.2, -0.15) is 0 Å². The lowest BCUT2D eigenvalue weighted by molar-refractivity contribution is 0.321. The highest BCUT2D eigenvalue weighted by atomic mass is 35.5. The molecule has 1 aromatic rings. The molecule has 0 bridgehead atoms. The van der Waals surface area contributed by atoms with E-state index in [1.54, 1.807) is 0 Å². The summed E-state index contributed by atoms with van der Waals surface area (Å²) in [5.41, 5.74) is 1.03. The van der Waals surface area contributed by atoms with Crippen LogP contribution in [-0.4, -0.2) is 21.7 Å². The number of halogens is 1. The van der Waals surface area contributed by atoms with Crippen molar-refractivity contribution >= 4 is 23.8 Å². The minimum atomic E-state index is 0.471. The van der Waals surface area contributed by atoms with Crippen molar-refractivity contribution in [1.29, 1.82) is 0 Å². The zero-order valence-corrected chi connectivity index (χ0v) is 9.48. The van der Waals surface area contributed by atoms with Crippen LogP contribution in [-0.2, 0) is 0 Å². The molecule has 16 heavy (non-hydrogen) atoms. The van der Waals surface area contributed by atoms with Crippen molar-refractivity contribution in [3.8, 4) is 0 Å². The molecule has 0 saturated heterocycles. The molecule has 5 nitrogen and oxygen atoms in total. The van der Waals surface area contributed by atoms with Crippen molar-refractivity contribution in [3.63, 3.8) is 0 Å². The number of rotatable bonds is 3. The van der Waals surface area contributed by atoms with Crippen LogP contribution in [0.25, 0.3) is 0 Å². The number of aromatic nitrogens is 2. The molecule has 1 aliphatic carbocycles. The minimum absolute atomic E-state index is 0.471. The third-order valence-electron chi connectivity index (χ3n) is 2.84. The SMILES string of the molecule is ON=CNc1cc(C2CCCC2)c(Cl)nn1. The van der Waals surface area contributed by atoms with Crippen LogP contribution in [0.3, 0.4) is 0 Å². The van der Waals surface area contributed by atoms with Gasteiger partial charge in [-0.3, -0.25) is 0 Å². The van der Waals surface area contributed by atoms with E-state index in [0.717, 1.165) is 24.7 Å². The smallest absolute Gasteiger partial charge is 0.155 e. The van der Waals surface area contributed by atoms with Crippen LogP contribution in [0.5, 0.6) is 0 Å². The molecule has 0 spiro atoms. The van der Waals surface area contributed by atoms with Gasteiger partial charge in [0.2, 0.25) is 0 Å². The van der Waals surface area contributed by atoms with Crippen LogP contribution in [0.4, 0.5) is 5.82 Å². The number of nitrogens with zero attached hydrogens (tertiary/aromatic N) is 3. The maximum Gasteiger partial charge on any atom is 0.155 e. The van der Waals surface area contributed by atoms with Gasteiger partial charge in [0.25, 0.3) is 0 Å². The quantitative estimate of drug-likeness (QED) is 0.369. The average molecular weight is 241 g/mol. The summed E-state index contributed by atoms with van der Waals surface area (Å²) in [6.07, 6.45) is 5.93. The number of hydrogen-bond donors (Lipinski definition) is 2. The Hall–Kier alpha value is -1.36. The Morgan fingerprint density at radius 1 is 1.44 bits per heavy atom. The van der Waals surface area contributed by atoms with Crippen molar-refractivity contribution < 1.29 is 5.21 Å². The Balaban J connectivity index is 2.21. The van der Waals surface area contributed by atoms with Crippen molar-refractivity contribution in [3.05, 3.63) is 16.8 Å². The molecule has 2 rings (SSSR count). The van der Waals surface area contributed by atoms with Crippen molar-refractivity contribution in [2.45, 2.75) is 31.6 Å². The second-order valence-corrected chi connectivity index (χ2v) is 4.20. The molecule has 0 radical (unpaired) electrons. The lowest BCUT2D eigenvalue weighted by atomic mass is 10.00. The van der Waals surface area contributed by atoms with Crippen LogP contribution in [0.2, 0.25) is 5.15 Å². The molecule has 1 heterocycles. The summed E-state index contributed by atoms with van der Waals surface area (Å²) in [7, 11) is 0. The maximum atomic E-state index is 8.30. The molecule has 0 aliphatic heterocycles. The van der Waals surface area contributed by atoms with Gasteiger partial charge in [0.05, 0.1) is 0 Å². The Morgan fingerprint density at radius 3 is 2.88 bits per heavy atom. The number of anilines is 1. The second kappa shape index (κ2) is 5.12. The fourth-order valence-electron chi connectivity index (χ4n) is 2.08. The van der Waals surface area contributed by atoms with E-state index in [-0.39, 0.29) is 0 Å². The first-order chi connectivity index (χ1) is 7.81. The van der Waals surface area contributed by atoms with Gasteiger partial charge in [-0.25, -0.2) is 0 Å². The molecule has 0 atom stereocenters. The Morgan fingerprint density at radius 2 is 2.19 bits per heavy atom. The lowest BCUT2D eigenvalue weighted by Gasteiger charge is -2.11. The zero-order chi connectivity index (χ0) is 11.4. The molecule has 6 heteroatoms. The first-order valence-corrected chi connectivity index (χ1v) is 5.64. The minimum Gasteiger partial charge on any atom is -0.410 e. The van der Waals surface area contributed by atoms with E-state index >= 15 is 0 Å². The normalized spacial score (nSPS) is 17.1. The Bertz CT molecular complexity index is 390. The van der Waals surface area contributed by atoms with Crippen molar-refractivity contribution in [2.75, 3.05) is 5.32 Å². The van der Waals surface area contributed by atoms with E-state index in [1.165, 1.54) is 12.8 Å². The Kier molecular flexibility index (Phi) is 3.56. The largest absolute Gasteiger partial charge is 0.410 e. The first-order valence-electron chi connectivity index (χ1n) is 5.27. The van der Waals surface area contributed by atoms with Crippen LogP contribution in [0, 0.1) is 0 Å². The van der Waals surface area contributed by atoms with Gasteiger partial charge >= 0.3 is 0 Å². The van der Waals surface area contributed by atoms with Crippen LogP contribution in [0.15, 0.2) is 11.2 Å². The summed E-state index contributed by atoms with van der Waals surface area (Å²) in [5, 5.41) is 22.1. The van der Waals surface area contributed by atoms with Crippen molar-refractivity contribution in [1.82, 2.24) is 10.2 Å². The third kappa shape index (κ3) is 2.41. The van der Waals surface area contributed by atoms with Gasteiger partial charge in [-0.15, -0.1) is 10.2 Å².